The lowest BCUT2D eigenvalue weighted by Crippen LogP contribution is -2.13. The minimum atomic E-state index is 0.0599. The smallest absolute Gasteiger partial charge is 0.0701 e. The molecule has 0 atom stereocenters. The molecule has 0 bridgehead atoms. The zero-order valence-electron chi connectivity index (χ0n) is 24.1. The first-order valence-corrected chi connectivity index (χ1v) is 15.1. The molecule has 0 saturated carbocycles. The molecule has 0 spiro atoms. The van der Waals surface area contributed by atoms with Crippen LogP contribution < -0.4 is 0 Å². The molecule has 0 aromatic heterocycles. The van der Waals surface area contributed by atoms with Gasteiger partial charge in [-0.1, -0.05) is 64.7 Å². The SMILES string of the molecule is CCCCCCCCCCCCOCCOCCOCCOCCOCCCCCOCCOCCO. The molecule has 1 N–H and O–H groups in total. The van der Waals surface area contributed by atoms with Crippen molar-refractivity contribution in [1.82, 2.24) is 0 Å². The van der Waals surface area contributed by atoms with E-state index >= 15 is 0 Å². The molecule has 0 saturated heterocycles. The van der Waals surface area contributed by atoms with Crippen LogP contribution in [0.1, 0.15) is 90.4 Å². The third-order valence-electron chi connectivity index (χ3n) is 5.82. The molecule has 37 heavy (non-hydrogen) atoms. The molecule has 0 rings (SSSR count). The molecule has 0 aliphatic rings. The summed E-state index contributed by atoms with van der Waals surface area (Å²) in [5, 5.41) is 8.58. The van der Waals surface area contributed by atoms with Crippen molar-refractivity contribution in [2.45, 2.75) is 90.4 Å². The van der Waals surface area contributed by atoms with Crippen molar-refractivity contribution in [3.8, 4) is 0 Å². The third-order valence-corrected chi connectivity index (χ3v) is 5.82. The van der Waals surface area contributed by atoms with Crippen LogP contribution in [0.4, 0.5) is 0 Å². The number of unbranched alkanes of at least 4 members (excludes halogenated alkanes) is 11. The van der Waals surface area contributed by atoms with Gasteiger partial charge >= 0.3 is 0 Å². The van der Waals surface area contributed by atoms with Crippen molar-refractivity contribution in [2.24, 2.45) is 0 Å². The lowest BCUT2D eigenvalue weighted by atomic mass is 10.1. The summed E-state index contributed by atoms with van der Waals surface area (Å²) < 4.78 is 38.3. The molecular weight excluding hydrogens is 476 g/mol. The second-order valence-corrected chi connectivity index (χ2v) is 9.25. The normalized spacial score (nSPS) is 11.5. The molecule has 8 nitrogen and oxygen atoms in total. The maximum atomic E-state index is 8.58. The van der Waals surface area contributed by atoms with Gasteiger partial charge < -0.3 is 38.3 Å². The topological polar surface area (TPSA) is 84.8 Å². The maximum absolute atomic E-state index is 8.58. The highest BCUT2D eigenvalue weighted by molar-refractivity contribution is 4.47. The molecule has 0 fully saturated rings. The van der Waals surface area contributed by atoms with Crippen LogP contribution in [0.5, 0.6) is 0 Å². The van der Waals surface area contributed by atoms with Gasteiger partial charge in [0.1, 0.15) is 0 Å². The van der Waals surface area contributed by atoms with Crippen molar-refractivity contribution in [2.75, 3.05) is 99.1 Å². The number of ether oxygens (including phenoxy) is 7. The maximum Gasteiger partial charge on any atom is 0.0701 e. The first kappa shape index (κ1) is 36.7. The van der Waals surface area contributed by atoms with Gasteiger partial charge in [-0.3, -0.25) is 0 Å². The summed E-state index contributed by atoms with van der Waals surface area (Å²) in [4.78, 5) is 0. The molecule has 0 amide bonds. The van der Waals surface area contributed by atoms with Crippen molar-refractivity contribution in [3.63, 3.8) is 0 Å². The highest BCUT2D eigenvalue weighted by Crippen LogP contribution is 2.10. The number of aliphatic hydroxyl groups excluding tert-OH is 1. The Morgan fingerprint density at radius 2 is 0.541 bits per heavy atom. The summed E-state index contributed by atoms with van der Waals surface area (Å²) in [5.74, 6) is 0. The van der Waals surface area contributed by atoms with E-state index in [1.165, 1.54) is 57.8 Å². The lowest BCUT2D eigenvalue weighted by molar-refractivity contribution is -0.0115. The summed E-state index contributed by atoms with van der Waals surface area (Å²) in [6.45, 7) is 11.0. The number of hydrogen-bond acceptors (Lipinski definition) is 8. The van der Waals surface area contributed by atoms with Crippen LogP contribution in [-0.2, 0) is 33.2 Å². The quantitative estimate of drug-likeness (QED) is 0.113. The number of hydrogen-bond donors (Lipinski definition) is 1. The Bertz CT molecular complexity index is 353. The molecule has 0 unspecified atom stereocenters. The molecule has 8 heteroatoms. The Hall–Kier alpha value is -0.320. The standard InChI is InChI=1S/C29H60O8/c1-2-3-4-5-6-7-8-9-10-12-16-31-21-24-35-26-28-37-29-27-36-25-22-33-18-14-11-13-17-32-20-23-34-19-15-30/h30H,2-29H2,1H3. The lowest BCUT2D eigenvalue weighted by Gasteiger charge is -2.08. The van der Waals surface area contributed by atoms with E-state index in [0.29, 0.717) is 72.7 Å². The van der Waals surface area contributed by atoms with E-state index in [9.17, 15) is 0 Å². The number of rotatable bonds is 34. The molecule has 0 radical (unpaired) electrons. The largest absolute Gasteiger partial charge is 0.394 e. The first-order chi connectivity index (χ1) is 18.4. The minimum Gasteiger partial charge on any atom is -0.394 e. The van der Waals surface area contributed by atoms with Gasteiger partial charge in [0.15, 0.2) is 0 Å². The zero-order valence-corrected chi connectivity index (χ0v) is 24.1. The van der Waals surface area contributed by atoms with Gasteiger partial charge in [-0.05, 0) is 25.7 Å². The molecule has 0 aliphatic heterocycles. The van der Waals surface area contributed by atoms with Gasteiger partial charge in [0.25, 0.3) is 0 Å². The average Bonchev–Trinajstić information content (AvgIpc) is 2.91. The van der Waals surface area contributed by atoms with Gasteiger partial charge in [0, 0.05) is 19.8 Å². The molecule has 0 aromatic rings. The van der Waals surface area contributed by atoms with Crippen LogP contribution in [-0.4, -0.2) is 104 Å². The molecule has 224 valence electrons. The van der Waals surface area contributed by atoms with E-state index in [4.69, 9.17) is 38.3 Å². The molecule has 0 aliphatic carbocycles. The fraction of sp³-hybridized carbons (Fsp3) is 1.00. The van der Waals surface area contributed by atoms with Gasteiger partial charge in [0.05, 0.1) is 79.3 Å². The van der Waals surface area contributed by atoms with Crippen LogP contribution >= 0.6 is 0 Å². The van der Waals surface area contributed by atoms with E-state index < -0.39 is 0 Å². The molecule has 0 aromatic carbocycles. The van der Waals surface area contributed by atoms with Crippen LogP contribution in [0.2, 0.25) is 0 Å². The summed E-state index contributed by atoms with van der Waals surface area (Å²) in [7, 11) is 0. The molecule has 0 heterocycles. The average molecular weight is 537 g/mol. The molecular formula is C29H60O8. The Morgan fingerprint density at radius 1 is 0.297 bits per heavy atom. The number of aliphatic hydroxyl groups is 1. The highest BCUT2D eigenvalue weighted by atomic mass is 16.6. The van der Waals surface area contributed by atoms with Crippen molar-refractivity contribution >= 4 is 0 Å². The Kier molecular flexibility index (Phi) is 35.4. The fourth-order valence-corrected chi connectivity index (χ4v) is 3.64. The van der Waals surface area contributed by atoms with Crippen molar-refractivity contribution in [3.05, 3.63) is 0 Å². The predicted molar refractivity (Wildman–Crippen MR) is 149 cm³/mol. The Balaban J connectivity index is 3.00. The van der Waals surface area contributed by atoms with Gasteiger partial charge in [-0.15, -0.1) is 0 Å². The van der Waals surface area contributed by atoms with Gasteiger partial charge in [-0.25, -0.2) is 0 Å². The van der Waals surface area contributed by atoms with E-state index in [1.807, 2.05) is 0 Å². The van der Waals surface area contributed by atoms with Gasteiger partial charge in [0.2, 0.25) is 0 Å². The van der Waals surface area contributed by atoms with E-state index in [-0.39, 0.29) is 6.61 Å². The summed E-state index contributed by atoms with van der Waals surface area (Å²) >= 11 is 0. The third kappa shape index (κ3) is 35.7. The van der Waals surface area contributed by atoms with E-state index in [0.717, 1.165) is 45.5 Å². The minimum absolute atomic E-state index is 0.0599. The van der Waals surface area contributed by atoms with E-state index in [1.54, 1.807) is 0 Å². The second kappa shape index (κ2) is 35.7. The summed E-state index contributed by atoms with van der Waals surface area (Å²) in [6, 6.07) is 0. The monoisotopic (exact) mass is 536 g/mol. The van der Waals surface area contributed by atoms with Crippen LogP contribution in [0.25, 0.3) is 0 Å². The van der Waals surface area contributed by atoms with Crippen LogP contribution in [0.3, 0.4) is 0 Å². The zero-order chi connectivity index (χ0) is 26.7. The Morgan fingerprint density at radius 3 is 0.865 bits per heavy atom. The first-order valence-electron chi connectivity index (χ1n) is 15.1. The van der Waals surface area contributed by atoms with E-state index in [2.05, 4.69) is 6.92 Å². The van der Waals surface area contributed by atoms with Crippen molar-refractivity contribution < 1.29 is 38.3 Å². The van der Waals surface area contributed by atoms with Crippen LogP contribution in [0, 0.1) is 0 Å². The van der Waals surface area contributed by atoms with Gasteiger partial charge in [-0.2, -0.15) is 0 Å². The predicted octanol–water partition coefficient (Wildman–Crippen LogP) is 5.19. The second-order valence-electron chi connectivity index (χ2n) is 9.25. The van der Waals surface area contributed by atoms with Crippen molar-refractivity contribution in [1.29, 1.82) is 0 Å². The Labute approximate surface area is 228 Å². The summed E-state index contributed by atoms with van der Waals surface area (Å²) in [6.07, 6.45) is 16.6. The van der Waals surface area contributed by atoms with Crippen LogP contribution in [0.15, 0.2) is 0 Å². The fourth-order valence-electron chi connectivity index (χ4n) is 3.64. The highest BCUT2D eigenvalue weighted by Gasteiger charge is 1.96. The summed E-state index contributed by atoms with van der Waals surface area (Å²) in [5.41, 5.74) is 0.